The lowest BCUT2D eigenvalue weighted by molar-refractivity contribution is 0.0600. The van der Waals surface area contributed by atoms with Crippen LogP contribution in [-0.4, -0.2) is 29.9 Å². The van der Waals surface area contributed by atoms with Crippen molar-refractivity contribution in [2.45, 2.75) is 0 Å². The Bertz CT molecular complexity index is 1180. The summed E-state index contributed by atoms with van der Waals surface area (Å²) in [5, 5.41) is 8.26. The Kier molecular flexibility index (Phi) is 5.89. The van der Waals surface area contributed by atoms with Crippen molar-refractivity contribution >= 4 is 5.97 Å². The molecule has 0 amide bonds. The van der Waals surface area contributed by atoms with Crippen LogP contribution in [0.3, 0.4) is 0 Å². The van der Waals surface area contributed by atoms with Crippen molar-refractivity contribution in [1.29, 1.82) is 0 Å². The summed E-state index contributed by atoms with van der Waals surface area (Å²) in [6.07, 6.45) is 1.72. The van der Waals surface area contributed by atoms with E-state index in [-0.39, 0.29) is 0 Å². The molecule has 6 nitrogen and oxygen atoms in total. The first-order valence-electron chi connectivity index (χ1n) is 9.65. The zero-order chi connectivity index (χ0) is 21.6. The number of carbonyl (C=O) groups is 1. The number of rotatable bonds is 7. The Labute approximate surface area is 179 Å². The summed E-state index contributed by atoms with van der Waals surface area (Å²) in [6.45, 7) is 4.13. The Morgan fingerprint density at radius 1 is 0.839 bits per heavy atom. The Morgan fingerprint density at radius 3 is 1.84 bits per heavy atom. The molecule has 1 aromatic heterocycles. The summed E-state index contributed by atoms with van der Waals surface area (Å²) in [5.41, 5.74) is 4.15. The maximum absolute atomic E-state index is 11.6. The fourth-order valence-corrected chi connectivity index (χ4v) is 3.03. The van der Waals surface area contributed by atoms with Crippen LogP contribution in [0.1, 0.15) is 10.4 Å². The van der Waals surface area contributed by atoms with Crippen molar-refractivity contribution in [3.8, 4) is 39.8 Å². The smallest absolute Gasteiger partial charge is 0.337 e. The van der Waals surface area contributed by atoms with E-state index in [9.17, 15) is 4.79 Å². The van der Waals surface area contributed by atoms with Crippen LogP contribution in [0.5, 0.6) is 5.75 Å². The van der Waals surface area contributed by atoms with E-state index < -0.39 is 5.97 Å². The third-order valence-corrected chi connectivity index (χ3v) is 4.67. The molecule has 0 aliphatic carbocycles. The Morgan fingerprint density at radius 2 is 1.32 bits per heavy atom. The monoisotopic (exact) mass is 412 g/mol. The minimum absolute atomic E-state index is 0.380. The molecular weight excluding hydrogens is 392 g/mol. The molecule has 0 fully saturated rings. The molecule has 0 spiro atoms. The number of hydrogen-bond donors (Lipinski definition) is 0. The first kappa shape index (κ1) is 20.1. The molecule has 3 aromatic carbocycles. The Balaban J connectivity index is 1.49. The number of carbonyl (C=O) groups excluding carboxylic acids is 1. The van der Waals surface area contributed by atoms with Crippen LogP contribution >= 0.6 is 0 Å². The van der Waals surface area contributed by atoms with Gasteiger partial charge in [0, 0.05) is 11.1 Å². The number of hydrogen-bond acceptors (Lipinski definition) is 6. The second-order valence-corrected chi connectivity index (χ2v) is 6.68. The van der Waals surface area contributed by atoms with Gasteiger partial charge in [0.15, 0.2) is 0 Å². The van der Waals surface area contributed by atoms with Gasteiger partial charge in [0.05, 0.1) is 12.7 Å². The molecular formula is C25H20N2O4. The van der Waals surface area contributed by atoms with Gasteiger partial charge in [-0.1, -0.05) is 36.9 Å². The van der Waals surface area contributed by atoms with E-state index in [4.69, 9.17) is 13.9 Å². The molecule has 154 valence electrons. The summed E-state index contributed by atoms with van der Waals surface area (Å²) in [4.78, 5) is 11.6. The zero-order valence-corrected chi connectivity index (χ0v) is 16.9. The Hall–Kier alpha value is -4.19. The highest BCUT2D eigenvalue weighted by molar-refractivity contribution is 5.89. The van der Waals surface area contributed by atoms with E-state index in [1.165, 1.54) is 7.11 Å². The minimum atomic E-state index is -0.392. The summed E-state index contributed by atoms with van der Waals surface area (Å²) in [6, 6.07) is 22.6. The highest BCUT2D eigenvalue weighted by Crippen LogP contribution is 2.28. The number of ether oxygens (including phenoxy) is 2. The lowest BCUT2D eigenvalue weighted by atomic mass is 10.0. The van der Waals surface area contributed by atoms with Crippen molar-refractivity contribution < 1.29 is 18.7 Å². The molecule has 0 aliphatic heterocycles. The highest BCUT2D eigenvalue weighted by atomic mass is 16.5. The number of aromatic nitrogens is 2. The molecule has 4 aromatic rings. The average Bonchev–Trinajstić information content (AvgIpc) is 3.33. The quantitative estimate of drug-likeness (QED) is 0.298. The molecule has 0 saturated carbocycles. The standard InChI is InChI=1S/C25H20N2O4/c1-3-16-30-22-14-12-18(13-15-22)17-4-6-19(7-5-17)23-26-27-24(31-23)20-8-10-21(11-9-20)25(28)29-2/h3-15H,1,16H2,2H3. The van der Waals surface area contributed by atoms with Gasteiger partial charge in [-0.05, 0) is 59.7 Å². The number of esters is 1. The number of benzene rings is 3. The highest BCUT2D eigenvalue weighted by Gasteiger charge is 2.12. The third-order valence-electron chi connectivity index (χ3n) is 4.67. The first-order chi connectivity index (χ1) is 15.2. The lowest BCUT2D eigenvalue weighted by Gasteiger charge is -2.06. The van der Waals surface area contributed by atoms with Gasteiger partial charge < -0.3 is 13.9 Å². The molecule has 0 saturated heterocycles. The van der Waals surface area contributed by atoms with E-state index in [1.807, 2.05) is 48.5 Å². The summed E-state index contributed by atoms with van der Waals surface area (Å²) in [7, 11) is 1.35. The number of methoxy groups -OCH3 is 1. The second-order valence-electron chi connectivity index (χ2n) is 6.68. The zero-order valence-electron chi connectivity index (χ0n) is 16.9. The third kappa shape index (κ3) is 4.53. The van der Waals surface area contributed by atoms with Gasteiger partial charge in [0.2, 0.25) is 11.8 Å². The van der Waals surface area contributed by atoms with Crippen LogP contribution in [-0.2, 0) is 4.74 Å². The fourth-order valence-electron chi connectivity index (χ4n) is 3.03. The predicted molar refractivity (Wildman–Crippen MR) is 118 cm³/mol. The molecule has 0 N–H and O–H groups in total. The van der Waals surface area contributed by atoms with Crippen LogP contribution < -0.4 is 4.74 Å². The van der Waals surface area contributed by atoms with E-state index in [2.05, 4.69) is 16.8 Å². The maximum atomic E-state index is 11.6. The van der Waals surface area contributed by atoms with Gasteiger partial charge in [-0.2, -0.15) is 0 Å². The van der Waals surface area contributed by atoms with Crippen LogP contribution in [0.4, 0.5) is 0 Å². The second kappa shape index (κ2) is 9.09. The van der Waals surface area contributed by atoms with Crippen LogP contribution in [0.15, 0.2) is 89.9 Å². The fraction of sp³-hybridized carbons (Fsp3) is 0.0800. The molecule has 0 aliphatic rings. The molecule has 6 heteroatoms. The van der Waals surface area contributed by atoms with E-state index in [0.717, 1.165) is 28.0 Å². The minimum Gasteiger partial charge on any atom is -0.490 e. The molecule has 4 rings (SSSR count). The molecule has 0 atom stereocenters. The van der Waals surface area contributed by atoms with Gasteiger partial charge in [-0.25, -0.2) is 4.79 Å². The predicted octanol–water partition coefficient (Wildman–Crippen LogP) is 5.42. The van der Waals surface area contributed by atoms with E-state index in [1.54, 1.807) is 30.3 Å². The maximum Gasteiger partial charge on any atom is 0.337 e. The van der Waals surface area contributed by atoms with Gasteiger partial charge in [0.1, 0.15) is 12.4 Å². The normalized spacial score (nSPS) is 10.5. The van der Waals surface area contributed by atoms with E-state index in [0.29, 0.717) is 24.0 Å². The SMILES string of the molecule is C=CCOc1ccc(-c2ccc(-c3nnc(-c4ccc(C(=O)OC)cc4)o3)cc2)cc1. The van der Waals surface area contributed by atoms with Gasteiger partial charge in [0.25, 0.3) is 0 Å². The molecule has 0 unspecified atom stereocenters. The molecule has 1 heterocycles. The molecule has 0 bridgehead atoms. The van der Waals surface area contributed by atoms with Crippen LogP contribution in [0.2, 0.25) is 0 Å². The van der Waals surface area contributed by atoms with Gasteiger partial charge in [-0.3, -0.25) is 0 Å². The molecule has 31 heavy (non-hydrogen) atoms. The lowest BCUT2D eigenvalue weighted by Crippen LogP contribution is -2.00. The number of nitrogens with zero attached hydrogens (tertiary/aromatic N) is 2. The summed E-state index contributed by atoms with van der Waals surface area (Å²) >= 11 is 0. The van der Waals surface area contributed by atoms with Crippen molar-refractivity contribution in [2.24, 2.45) is 0 Å². The van der Waals surface area contributed by atoms with Gasteiger partial charge in [-0.15, -0.1) is 10.2 Å². The van der Waals surface area contributed by atoms with Crippen molar-refractivity contribution in [3.05, 3.63) is 91.0 Å². The summed E-state index contributed by atoms with van der Waals surface area (Å²) < 4.78 is 16.0. The largest absolute Gasteiger partial charge is 0.490 e. The van der Waals surface area contributed by atoms with Crippen molar-refractivity contribution in [3.63, 3.8) is 0 Å². The summed E-state index contributed by atoms with van der Waals surface area (Å²) in [5.74, 6) is 1.22. The van der Waals surface area contributed by atoms with Gasteiger partial charge >= 0.3 is 5.97 Å². The van der Waals surface area contributed by atoms with Crippen LogP contribution in [0, 0.1) is 0 Å². The average molecular weight is 412 g/mol. The topological polar surface area (TPSA) is 74.5 Å². The van der Waals surface area contributed by atoms with Crippen molar-refractivity contribution in [2.75, 3.05) is 13.7 Å². The van der Waals surface area contributed by atoms with E-state index >= 15 is 0 Å². The molecule has 0 radical (unpaired) electrons. The first-order valence-corrected chi connectivity index (χ1v) is 9.65. The van der Waals surface area contributed by atoms with Crippen molar-refractivity contribution in [1.82, 2.24) is 10.2 Å². The van der Waals surface area contributed by atoms with Crippen LogP contribution in [0.25, 0.3) is 34.0 Å².